The number of methoxy groups -OCH3 is 1. The molecule has 0 fully saturated rings. The highest BCUT2D eigenvalue weighted by Gasteiger charge is 2.02. The summed E-state index contributed by atoms with van der Waals surface area (Å²) in [6.45, 7) is 0. The maximum absolute atomic E-state index is 5.23. The topological polar surface area (TPSA) is 21.6 Å². The summed E-state index contributed by atoms with van der Waals surface area (Å²) in [6, 6.07) is 28.3. The summed E-state index contributed by atoms with van der Waals surface area (Å²) in [6.07, 6.45) is 2.06. The van der Waals surface area contributed by atoms with Gasteiger partial charge in [0.25, 0.3) is 0 Å². The fraction of sp³-hybridized carbons (Fsp3) is 0.0455. The SMILES string of the molecule is COc1ccc(SC(C=CSc2ccccc2)=Nc2ccccc2)cc1. The van der Waals surface area contributed by atoms with E-state index in [-0.39, 0.29) is 0 Å². The van der Waals surface area contributed by atoms with Gasteiger partial charge in [0.1, 0.15) is 10.8 Å². The number of hydrogen-bond donors (Lipinski definition) is 0. The van der Waals surface area contributed by atoms with E-state index >= 15 is 0 Å². The largest absolute Gasteiger partial charge is 0.497 e. The summed E-state index contributed by atoms with van der Waals surface area (Å²) in [4.78, 5) is 7.10. The molecule has 0 heterocycles. The van der Waals surface area contributed by atoms with Crippen LogP contribution in [-0.2, 0) is 0 Å². The molecule has 0 saturated carbocycles. The van der Waals surface area contributed by atoms with Gasteiger partial charge in [0, 0.05) is 9.79 Å². The van der Waals surface area contributed by atoms with Crippen LogP contribution < -0.4 is 4.74 Å². The molecule has 0 saturated heterocycles. The second-order valence-corrected chi connectivity index (χ2v) is 7.37. The molecule has 0 aliphatic rings. The van der Waals surface area contributed by atoms with Crippen molar-refractivity contribution in [2.45, 2.75) is 9.79 Å². The molecule has 0 atom stereocenters. The summed E-state index contributed by atoms with van der Waals surface area (Å²) < 4.78 is 5.23. The molecule has 0 N–H and O–H groups in total. The first-order chi connectivity index (χ1) is 12.8. The van der Waals surface area contributed by atoms with Gasteiger partial charge in [-0.1, -0.05) is 59.9 Å². The Bertz CT molecular complexity index is 860. The zero-order valence-electron chi connectivity index (χ0n) is 14.4. The summed E-state index contributed by atoms with van der Waals surface area (Å²) in [7, 11) is 1.67. The van der Waals surface area contributed by atoms with Crippen molar-refractivity contribution in [1.82, 2.24) is 0 Å². The maximum Gasteiger partial charge on any atom is 0.118 e. The second kappa shape index (κ2) is 9.90. The monoisotopic (exact) mass is 377 g/mol. The lowest BCUT2D eigenvalue weighted by Crippen LogP contribution is -1.87. The molecule has 3 rings (SSSR count). The molecule has 26 heavy (non-hydrogen) atoms. The van der Waals surface area contributed by atoms with Gasteiger partial charge in [-0.15, -0.1) is 0 Å². The minimum atomic E-state index is 0.853. The average Bonchev–Trinajstić information content (AvgIpc) is 2.70. The van der Waals surface area contributed by atoms with Gasteiger partial charge < -0.3 is 4.74 Å². The van der Waals surface area contributed by atoms with Crippen LogP contribution in [0, 0.1) is 0 Å². The minimum Gasteiger partial charge on any atom is -0.497 e. The van der Waals surface area contributed by atoms with Crippen molar-refractivity contribution in [2.24, 2.45) is 4.99 Å². The Hall–Kier alpha value is -2.43. The number of hydrogen-bond acceptors (Lipinski definition) is 4. The Labute approximate surface area is 163 Å². The third kappa shape index (κ3) is 5.83. The molecule has 0 spiro atoms. The Morgan fingerprint density at radius 2 is 1.46 bits per heavy atom. The summed E-state index contributed by atoms with van der Waals surface area (Å²) in [5.41, 5.74) is 0.942. The molecule has 0 aromatic heterocycles. The zero-order valence-corrected chi connectivity index (χ0v) is 16.0. The van der Waals surface area contributed by atoms with Gasteiger partial charge in [-0.3, -0.25) is 0 Å². The van der Waals surface area contributed by atoms with Crippen LogP contribution in [0.3, 0.4) is 0 Å². The molecule has 0 aliphatic carbocycles. The normalized spacial score (nSPS) is 11.7. The fourth-order valence-electron chi connectivity index (χ4n) is 2.16. The lowest BCUT2D eigenvalue weighted by atomic mass is 10.3. The van der Waals surface area contributed by atoms with Crippen LogP contribution in [0.2, 0.25) is 0 Å². The van der Waals surface area contributed by atoms with Crippen LogP contribution in [0.1, 0.15) is 0 Å². The van der Waals surface area contributed by atoms with Crippen LogP contribution in [0.25, 0.3) is 0 Å². The minimum absolute atomic E-state index is 0.853. The number of aliphatic imine (C=N–C) groups is 1. The average molecular weight is 378 g/mol. The molecule has 3 aromatic carbocycles. The molecule has 0 radical (unpaired) electrons. The van der Waals surface area contributed by atoms with E-state index < -0.39 is 0 Å². The van der Waals surface area contributed by atoms with Gasteiger partial charge in [0.05, 0.1) is 12.8 Å². The highest BCUT2D eigenvalue weighted by molar-refractivity contribution is 8.14. The smallest absolute Gasteiger partial charge is 0.118 e. The molecule has 0 amide bonds. The standard InChI is InChI=1S/C22H19NOS2/c1-24-19-12-14-21(15-13-19)26-22(23-18-8-4-2-5-9-18)16-17-25-20-10-6-3-7-11-20/h2-17H,1H3. The van der Waals surface area contributed by atoms with E-state index in [9.17, 15) is 0 Å². The van der Waals surface area contributed by atoms with Crippen molar-refractivity contribution in [3.8, 4) is 5.75 Å². The third-order valence-electron chi connectivity index (χ3n) is 3.44. The third-order valence-corrected chi connectivity index (χ3v) is 5.20. The molecule has 130 valence electrons. The molecular weight excluding hydrogens is 358 g/mol. The Morgan fingerprint density at radius 3 is 2.12 bits per heavy atom. The Morgan fingerprint density at radius 1 is 0.808 bits per heavy atom. The predicted molar refractivity (Wildman–Crippen MR) is 114 cm³/mol. The number of para-hydroxylation sites is 1. The quantitative estimate of drug-likeness (QED) is 0.267. The molecule has 2 nitrogen and oxygen atoms in total. The van der Waals surface area contributed by atoms with E-state index in [2.05, 4.69) is 23.6 Å². The molecule has 3 aromatic rings. The second-order valence-electron chi connectivity index (χ2n) is 5.30. The zero-order chi connectivity index (χ0) is 18.0. The number of thioether (sulfide) groups is 2. The van der Waals surface area contributed by atoms with E-state index in [4.69, 9.17) is 9.73 Å². The van der Waals surface area contributed by atoms with Gasteiger partial charge in [-0.05, 0) is 60.0 Å². The molecule has 4 heteroatoms. The molecule has 0 bridgehead atoms. The van der Waals surface area contributed by atoms with Crippen LogP contribution in [0.15, 0.2) is 111 Å². The van der Waals surface area contributed by atoms with Crippen LogP contribution >= 0.6 is 23.5 Å². The molecule has 0 unspecified atom stereocenters. The van der Waals surface area contributed by atoms with Crippen molar-refractivity contribution < 1.29 is 4.74 Å². The van der Waals surface area contributed by atoms with E-state index in [1.165, 1.54) is 4.90 Å². The van der Waals surface area contributed by atoms with Crippen molar-refractivity contribution in [3.05, 3.63) is 96.4 Å². The van der Waals surface area contributed by atoms with E-state index in [1.807, 2.05) is 72.8 Å². The molecular formula is C22H19NOS2. The summed E-state index contributed by atoms with van der Waals surface area (Å²) >= 11 is 3.31. The Kier molecular flexibility index (Phi) is 6.99. The van der Waals surface area contributed by atoms with Crippen LogP contribution in [0.4, 0.5) is 5.69 Å². The van der Waals surface area contributed by atoms with Gasteiger partial charge in [-0.25, -0.2) is 4.99 Å². The number of ether oxygens (including phenoxy) is 1. The van der Waals surface area contributed by atoms with Crippen molar-refractivity contribution in [2.75, 3.05) is 7.11 Å². The van der Waals surface area contributed by atoms with Crippen LogP contribution in [0.5, 0.6) is 5.75 Å². The van der Waals surface area contributed by atoms with Gasteiger partial charge >= 0.3 is 0 Å². The number of rotatable bonds is 6. The first-order valence-corrected chi connectivity index (χ1v) is 9.87. The first kappa shape index (κ1) is 18.4. The Balaban J connectivity index is 1.78. The van der Waals surface area contributed by atoms with E-state index in [0.29, 0.717) is 0 Å². The first-order valence-electron chi connectivity index (χ1n) is 8.17. The summed E-state index contributed by atoms with van der Waals surface area (Å²) in [5.74, 6) is 0.853. The highest BCUT2D eigenvalue weighted by atomic mass is 32.2. The number of benzene rings is 3. The van der Waals surface area contributed by atoms with Crippen molar-refractivity contribution >= 4 is 34.3 Å². The highest BCUT2D eigenvalue weighted by Crippen LogP contribution is 2.27. The van der Waals surface area contributed by atoms with E-state index in [0.717, 1.165) is 21.4 Å². The van der Waals surface area contributed by atoms with Crippen LogP contribution in [-0.4, -0.2) is 12.2 Å². The lowest BCUT2D eigenvalue weighted by molar-refractivity contribution is 0.414. The van der Waals surface area contributed by atoms with Crippen molar-refractivity contribution in [3.63, 3.8) is 0 Å². The fourth-order valence-corrected chi connectivity index (χ4v) is 3.71. The van der Waals surface area contributed by atoms with E-state index in [1.54, 1.807) is 30.6 Å². The van der Waals surface area contributed by atoms with Gasteiger partial charge in [0.15, 0.2) is 0 Å². The van der Waals surface area contributed by atoms with Gasteiger partial charge in [0.2, 0.25) is 0 Å². The predicted octanol–water partition coefficient (Wildman–Crippen LogP) is 6.82. The number of nitrogens with zero attached hydrogens (tertiary/aromatic N) is 1. The van der Waals surface area contributed by atoms with Crippen molar-refractivity contribution in [1.29, 1.82) is 0 Å². The van der Waals surface area contributed by atoms with Gasteiger partial charge in [-0.2, -0.15) is 0 Å². The lowest BCUT2D eigenvalue weighted by Gasteiger charge is -2.04. The maximum atomic E-state index is 5.23. The molecule has 0 aliphatic heterocycles. The summed E-state index contributed by atoms with van der Waals surface area (Å²) in [5, 5.41) is 3.01.